The van der Waals surface area contributed by atoms with Crippen molar-refractivity contribution in [1.82, 2.24) is 34.7 Å². The maximum absolute atomic E-state index is 14.4. The number of hydrogen-bond acceptors (Lipinski definition) is 9. The van der Waals surface area contributed by atoms with E-state index in [0.717, 1.165) is 11.1 Å². The summed E-state index contributed by atoms with van der Waals surface area (Å²) < 4.78 is 36.6. The molecular weight excluding hydrogens is 673 g/mol. The number of amides is 1. The van der Waals surface area contributed by atoms with E-state index < -0.39 is 12.0 Å². The number of imidazole rings is 1. The predicted molar refractivity (Wildman–Crippen MR) is 156 cm³/mol. The average Bonchev–Trinajstić information content (AvgIpc) is 3.53. The Kier molecular flexibility index (Phi) is 8.47. The van der Waals surface area contributed by atoms with Crippen LogP contribution in [-0.4, -0.2) is 46.8 Å². The highest BCUT2D eigenvalue weighted by Gasteiger charge is 2.42. The molecule has 202 valence electrons. The van der Waals surface area contributed by atoms with E-state index in [0.29, 0.717) is 28.1 Å². The number of para-hydroxylation sites is 1. The first-order valence-electron chi connectivity index (χ1n) is 11.4. The van der Waals surface area contributed by atoms with Crippen LogP contribution in [0, 0.1) is 11.2 Å². The first kappa shape index (κ1) is 27.8. The molecule has 10 nitrogen and oxygen atoms in total. The first-order valence-corrected chi connectivity index (χ1v) is 15.7. The Bertz CT molecular complexity index is 1740. The molecule has 15 heteroatoms. The van der Waals surface area contributed by atoms with E-state index in [9.17, 15) is 13.6 Å². The summed E-state index contributed by atoms with van der Waals surface area (Å²) in [7, 11) is 3.11. The second-order valence-electron chi connectivity index (χ2n) is 8.03. The van der Waals surface area contributed by atoms with Gasteiger partial charge in [0, 0.05) is 39.6 Å². The van der Waals surface area contributed by atoms with Gasteiger partial charge in [0.25, 0.3) is 5.95 Å². The van der Waals surface area contributed by atoms with Crippen molar-refractivity contribution in [3.8, 4) is 22.9 Å². The van der Waals surface area contributed by atoms with E-state index in [1.54, 1.807) is 25.2 Å². The molecule has 0 saturated heterocycles. The molecule has 0 spiro atoms. The third-order valence-electron chi connectivity index (χ3n) is 5.31. The van der Waals surface area contributed by atoms with Gasteiger partial charge in [0.1, 0.15) is 11.6 Å². The van der Waals surface area contributed by atoms with Gasteiger partial charge in [0.05, 0.1) is 16.7 Å². The summed E-state index contributed by atoms with van der Waals surface area (Å²) in [5.74, 6) is 2.03. The van der Waals surface area contributed by atoms with Gasteiger partial charge in [-0.05, 0) is 67.1 Å². The van der Waals surface area contributed by atoms with Gasteiger partial charge in [0.2, 0.25) is 0 Å². The number of benzene rings is 2. The molecule has 0 radical (unpaired) electrons. The summed E-state index contributed by atoms with van der Waals surface area (Å²) in [5, 5.41) is 17.5. The number of carbonyl (C=O) groups is 1. The Labute approximate surface area is 246 Å². The fourth-order valence-corrected chi connectivity index (χ4v) is 4.95. The minimum atomic E-state index is -4.10. The number of nitrogens with one attached hydrogen (secondary N) is 1. The number of alkyl halides is 2. The highest BCUT2D eigenvalue weighted by molar-refractivity contribution is 14.2. The van der Waals surface area contributed by atoms with Crippen molar-refractivity contribution in [2.24, 2.45) is 7.05 Å². The number of nitrogens with zero attached hydrogens (tertiary/aromatic N) is 7. The molecule has 2 aromatic carbocycles. The smallest absolute Gasteiger partial charge is 0.425 e. The zero-order valence-corrected chi connectivity index (χ0v) is 24.2. The number of ether oxygens (including phenoxy) is 1. The lowest BCUT2D eigenvalue weighted by Gasteiger charge is -2.17. The zero-order chi connectivity index (χ0) is 28.1. The monoisotopic (exact) mass is 690 g/mol. The summed E-state index contributed by atoms with van der Waals surface area (Å²) in [6, 6.07) is 17.8. The lowest BCUT2D eigenvalue weighted by molar-refractivity contribution is -0.187. The van der Waals surface area contributed by atoms with Crippen LogP contribution in [0.15, 0.2) is 71.9 Å². The third kappa shape index (κ3) is 6.35. The summed E-state index contributed by atoms with van der Waals surface area (Å²) in [4.78, 5) is 21.3. The molecule has 1 N–H and O–H groups in total. The number of hydrogen-bond donors (Lipinski definition) is 1. The highest BCUT2D eigenvalue weighted by Crippen LogP contribution is 2.30. The Balaban J connectivity index is 1.36. The predicted octanol–water partition coefficient (Wildman–Crippen LogP) is 5.24. The summed E-state index contributed by atoms with van der Waals surface area (Å²) in [5.41, 5.74) is 2.81. The number of thioether (sulfide) groups is 1. The van der Waals surface area contributed by atoms with Crippen LogP contribution in [-0.2, 0) is 17.6 Å². The number of aromatic nitrogens is 7. The molecule has 3 heterocycles. The van der Waals surface area contributed by atoms with Crippen LogP contribution in [0.1, 0.15) is 11.3 Å². The van der Waals surface area contributed by atoms with Gasteiger partial charge in [-0.15, -0.1) is 0 Å². The lowest BCUT2D eigenvalue weighted by Crippen LogP contribution is -2.40. The number of halogens is 3. The van der Waals surface area contributed by atoms with Crippen LogP contribution in [0.2, 0.25) is 0 Å². The van der Waals surface area contributed by atoms with Crippen LogP contribution in [0.25, 0.3) is 17.0 Å². The van der Waals surface area contributed by atoms with Crippen molar-refractivity contribution in [1.29, 1.82) is 0 Å². The lowest BCUT2D eigenvalue weighted by atomic mass is 10.2. The number of aryl methyl sites for hydroxylation is 1. The molecule has 0 aliphatic carbocycles. The van der Waals surface area contributed by atoms with Crippen molar-refractivity contribution in [2.45, 2.75) is 17.0 Å². The number of rotatable bonds is 8. The summed E-state index contributed by atoms with van der Waals surface area (Å²) >= 11 is 3.45. The Morgan fingerprint density at radius 1 is 1.12 bits per heavy atom. The largest absolute Gasteiger partial charge is 0.482 e. The van der Waals surface area contributed by atoms with Crippen molar-refractivity contribution >= 4 is 64.7 Å². The van der Waals surface area contributed by atoms with Gasteiger partial charge in [-0.3, -0.25) is 9.36 Å². The molecule has 0 aliphatic rings. The van der Waals surface area contributed by atoms with Crippen molar-refractivity contribution in [3.63, 3.8) is 0 Å². The van der Waals surface area contributed by atoms with E-state index >= 15 is 0 Å². The second-order valence-corrected chi connectivity index (χ2v) is 10.7. The van der Waals surface area contributed by atoms with Crippen LogP contribution in [0.3, 0.4) is 0 Å². The molecule has 5 aromatic rings. The third-order valence-corrected chi connectivity index (χ3v) is 7.12. The molecule has 0 fully saturated rings. The SMILES string of the molecule is Cn1nnnc1-n1c(SCc2cccc(NC(=O)C(F)(F)Oc3ccccc3)n2)nc2ccc(C#CSI)cc21. The molecule has 0 aliphatic heterocycles. The minimum Gasteiger partial charge on any atom is -0.425 e. The van der Waals surface area contributed by atoms with Crippen molar-refractivity contribution < 1.29 is 18.3 Å². The number of tetrazole rings is 1. The second kappa shape index (κ2) is 12.2. The molecule has 5 rings (SSSR count). The fraction of sp³-hybridized carbons (Fsp3) is 0.120. The molecule has 40 heavy (non-hydrogen) atoms. The molecule has 1 amide bonds. The number of fused-ring (bicyclic) bond motifs is 1. The summed E-state index contributed by atoms with van der Waals surface area (Å²) in [6.07, 6.45) is -4.10. The standard InChI is InChI=1S/C25H17F2IN8O2S2/c1-35-23(32-33-34-35)36-20-14-16(12-13-40-28)10-11-19(20)30-24(36)39-15-17-6-5-9-21(29-17)31-22(37)25(26,27)38-18-7-3-2-4-8-18/h2-11,14H,15H2,1H3,(H,29,31,37). The topological polar surface area (TPSA) is 113 Å². The van der Waals surface area contributed by atoms with E-state index in [-0.39, 0.29) is 11.6 Å². The van der Waals surface area contributed by atoms with Crippen molar-refractivity contribution in [3.05, 3.63) is 78.0 Å². The van der Waals surface area contributed by atoms with Gasteiger partial charge in [-0.1, -0.05) is 47.0 Å². The van der Waals surface area contributed by atoms with E-state index in [1.165, 1.54) is 55.7 Å². The maximum Gasteiger partial charge on any atom is 0.482 e. The molecule has 0 unspecified atom stereocenters. The molecule has 0 atom stereocenters. The van der Waals surface area contributed by atoms with Crippen molar-refractivity contribution in [2.75, 3.05) is 5.32 Å². The Hall–Kier alpha value is -3.75. The Morgan fingerprint density at radius 3 is 2.70 bits per heavy atom. The molecule has 0 saturated carbocycles. The van der Waals surface area contributed by atoms with Gasteiger partial charge in [0.15, 0.2) is 5.16 Å². The van der Waals surface area contributed by atoms with Gasteiger partial charge < -0.3 is 10.1 Å². The highest BCUT2D eigenvalue weighted by atomic mass is 127. The van der Waals surface area contributed by atoms with Gasteiger partial charge in [-0.25, -0.2) is 14.6 Å². The number of pyridine rings is 1. The zero-order valence-electron chi connectivity index (χ0n) is 20.5. The van der Waals surface area contributed by atoms with E-state index in [1.807, 2.05) is 22.8 Å². The maximum atomic E-state index is 14.4. The summed E-state index contributed by atoms with van der Waals surface area (Å²) in [6.45, 7) is 0. The minimum absolute atomic E-state index is 0.0400. The van der Waals surface area contributed by atoms with E-state index in [4.69, 9.17) is 4.98 Å². The Morgan fingerprint density at radius 2 is 1.95 bits per heavy atom. The van der Waals surface area contributed by atoms with E-state index in [2.05, 4.69) is 62.9 Å². The molecular formula is C25H17F2IN8O2S2. The molecule has 3 aromatic heterocycles. The van der Waals surface area contributed by atoms with Crippen LogP contribution in [0.5, 0.6) is 5.75 Å². The van der Waals surface area contributed by atoms with Gasteiger partial charge >= 0.3 is 12.0 Å². The van der Waals surface area contributed by atoms with Crippen LogP contribution >= 0.6 is 41.9 Å². The fourth-order valence-electron chi connectivity index (χ4n) is 3.55. The molecule has 0 bridgehead atoms. The number of anilines is 1. The normalized spacial score (nSPS) is 11.2. The van der Waals surface area contributed by atoms with Gasteiger partial charge in [-0.2, -0.15) is 8.78 Å². The van der Waals surface area contributed by atoms with Crippen LogP contribution < -0.4 is 10.1 Å². The quantitative estimate of drug-likeness (QED) is 0.133. The average molecular weight is 690 g/mol. The first-order chi connectivity index (χ1) is 19.3. The van der Waals surface area contributed by atoms with Crippen LogP contribution in [0.4, 0.5) is 14.6 Å². The number of carbonyl (C=O) groups excluding carboxylic acids is 1.